The number of hydrogen-bond acceptors (Lipinski definition) is 2. The minimum atomic E-state index is 0.161. The lowest BCUT2D eigenvalue weighted by Crippen LogP contribution is -2.37. The van der Waals surface area contributed by atoms with E-state index in [0.29, 0.717) is 12.8 Å². The predicted molar refractivity (Wildman–Crippen MR) is 96.7 cm³/mol. The Kier molecular flexibility index (Phi) is 2.23. The van der Waals surface area contributed by atoms with Crippen LogP contribution in [0.3, 0.4) is 0 Å². The molecule has 6 nitrogen and oxygen atoms in total. The summed E-state index contributed by atoms with van der Waals surface area (Å²) < 4.78 is 8.39. The van der Waals surface area contributed by atoms with Gasteiger partial charge < -0.3 is 0 Å². The van der Waals surface area contributed by atoms with E-state index in [0.717, 1.165) is 48.2 Å². The highest BCUT2D eigenvalue weighted by atomic mass is 16.1. The molecule has 4 aliphatic heterocycles. The van der Waals surface area contributed by atoms with Crippen molar-refractivity contribution in [3.8, 4) is 11.4 Å². The predicted octanol–water partition coefficient (Wildman–Crippen LogP) is 2.27. The summed E-state index contributed by atoms with van der Waals surface area (Å²) in [6, 6.07) is 0.830. The van der Waals surface area contributed by atoms with E-state index in [4.69, 9.17) is 0 Å². The maximum atomic E-state index is 13.2. The number of nitrogens with zero attached hydrogens (tertiary/aromatic N) is 4. The molecule has 2 aromatic heterocycles. The Labute approximate surface area is 149 Å². The topological polar surface area (TPSA) is 53.9 Å². The number of aromatic nitrogens is 4. The first-order valence-corrected chi connectivity index (χ1v) is 9.83. The van der Waals surface area contributed by atoms with Crippen LogP contribution in [0.4, 0.5) is 0 Å². The Bertz CT molecular complexity index is 1080. The third-order valence-corrected chi connectivity index (χ3v) is 7.16. The number of hydrogen-bond donors (Lipinski definition) is 0. The standard InChI is InChI=1S/C20H20N4O2/c25-19-15-9-10-16-18(17(15)21-11-1-5-13(6-2-11)23(19)21)22-12-3-7-14(8-4-12)24(22)20(16)26/h1,3,5,7,11-14H,2,4,6,8-10H2. The summed E-state index contributed by atoms with van der Waals surface area (Å²) in [4.78, 5) is 26.4. The van der Waals surface area contributed by atoms with E-state index >= 15 is 0 Å². The lowest BCUT2D eigenvalue weighted by Gasteiger charge is -2.38. The highest BCUT2D eigenvalue weighted by Crippen LogP contribution is 2.45. The van der Waals surface area contributed by atoms with Crippen molar-refractivity contribution in [1.29, 1.82) is 0 Å². The average molecular weight is 348 g/mol. The number of rotatable bonds is 0. The molecule has 2 aromatic rings. The molecular formula is C20H20N4O2. The average Bonchev–Trinajstić information content (AvgIpc) is 3.20. The zero-order valence-electron chi connectivity index (χ0n) is 14.5. The molecular weight excluding hydrogens is 328 g/mol. The van der Waals surface area contributed by atoms with Gasteiger partial charge in [0.1, 0.15) is 0 Å². The van der Waals surface area contributed by atoms with Crippen LogP contribution in [-0.4, -0.2) is 18.7 Å². The van der Waals surface area contributed by atoms with E-state index in [-0.39, 0.29) is 35.3 Å². The third-order valence-electron chi connectivity index (χ3n) is 7.16. The van der Waals surface area contributed by atoms with Gasteiger partial charge in [-0.3, -0.25) is 19.0 Å². The molecule has 0 saturated heterocycles. The van der Waals surface area contributed by atoms with Crippen LogP contribution in [0.2, 0.25) is 0 Å². The minimum Gasteiger partial charge on any atom is -0.273 e. The van der Waals surface area contributed by atoms with Crippen LogP contribution in [0, 0.1) is 0 Å². The Balaban J connectivity index is 1.62. The van der Waals surface area contributed by atoms with Crippen molar-refractivity contribution in [3.05, 3.63) is 56.1 Å². The lowest BCUT2D eigenvalue weighted by atomic mass is 9.93. The van der Waals surface area contributed by atoms with E-state index in [1.54, 1.807) is 0 Å². The van der Waals surface area contributed by atoms with E-state index in [9.17, 15) is 9.59 Å². The minimum absolute atomic E-state index is 0.161. The van der Waals surface area contributed by atoms with Gasteiger partial charge in [0.15, 0.2) is 0 Å². The second kappa shape index (κ2) is 4.24. The summed E-state index contributed by atoms with van der Waals surface area (Å²) in [5.74, 6) is 0. The molecule has 0 amide bonds. The fourth-order valence-corrected chi connectivity index (χ4v) is 6.04. The molecule has 132 valence electrons. The van der Waals surface area contributed by atoms with Gasteiger partial charge in [0, 0.05) is 11.1 Å². The van der Waals surface area contributed by atoms with Crippen molar-refractivity contribution >= 4 is 0 Å². The van der Waals surface area contributed by atoms with Crippen molar-refractivity contribution < 1.29 is 0 Å². The van der Waals surface area contributed by atoms with Crippen LogP contribution in [0.1, 0.15) is 61.0 Å². The van der Waals surface area contributed by atoms with Gasteiger partial charge in [0.05, 0.1) is 35.6 Å². The third kappa shape index (κ3) is 1.33. The molecule has 26 heavy (non-hydrogen) atoms. The normalized spacial score (nSPS) is 31.7. The van der Waals surface area contributed by atoms with Crippen LogP contribution in [0.15, 0.2) is 33.9 Å². The van der Waals surface area contributed by atoms with E-state index < -0.39 is 0 Å². The number of allylic oxidation sites excluding steroid dienone is 4. The molecule has 6 heteroatoms. The van der Waals surface area contributed by atoms with Crippen LogP contribution >= 0.6 is 0 Å². The van der Waals surface area contributed by atoms with Gasteiger partial charge in [-0.2, -0.15) is 0 Å². The molecule has 0 fully saturated rings. The van der Waals surface area contributed by atoms with Crippen LogP contribution in [-0.2, 0) is 12.8 Å². The maximum absolute atomic E-state index is 13.2. The zero-order chi connectivity index (χ0) is 17.2. The van der Waals surface area contributed by atoms with E-state index in [1.807, 2.05) is 9.36 Å². The van der Waals surface area contributed by atoms with E-state index in [2.05, 4.69) is 33.7 Å². The molecule has 4 bridgehead atoms. The molecule has 9 rings (SSSR count). The van der Waals surface area contributed by atoms with Crippen molar-refractivity contribution in [1.82, 2.24) is 18.7 Å². The SMILES string of the molecule is O=c1c2c(n3n1C1C=CC3CC1)-c1c(c(=O)n3n1C1C=CC3CC1)CC2. The molecule has 6 heterocycles. The molecule has 0 spiro atoms. The molecule has 3 aliphatic carbocycles. The van der Waals surface area contributed by atoms with Crippen LogP contribution in [0.5, 0.6) is 0 Å². The Morgan fingerprint density at radius 2 is 0.923 bits per heavy atom. The largest absolute Gasteiger partial charge is 0.273 e. The summed E-state index contributed by atoms with van der Waals surface area (Å²) in [5, 5.41) is 0. The van der Waals surface area contributed by atoms with Gasteiger partial charge in [0.25, 0.3) is 11.1 Å². The maximum Gasteiger partial charge on any atom is 0.271 e. The molecule has 4 atom stereocenters. The van der Waals surface area contributed by atoms with Gasteiger partial charge in [0.2, 0.25) is 0 Å². The first-order valence-electron chi connectivity index (χ1n) is 9.83. The zero-order valence-corrected chi connectivity index (χ0v) is 14.5. The first-order chi connectivity index (χ1) is 12.7. The monoisotopic (exact) mass is 348 g/mol. The Morgan fingerprint density at radius 3 is 1.27 bits per heavy atom. The smallest absolute Gasteiger partial charge is 0.271 e. The fraction of sp³-hybridized carbons (Fsp3) is 0.500. The second-order valence-corrected chi connectivity index (χ2v) is 8.34. The first kappa shape index (κ1) is 13.7. The van der Waals surface area contributed by atoms with Crippen molar-refractivity contribution in [2.45, 2.75) is 62.7 Å². The van der Waals surface area contributed by atoms with Gasteiger partial charge >= 0.3 is 0 Å². The number of fused-ring (bicyclic) bond motifs is 5. The Morgan fingerprint density at radius 1 is 0.577 bits per heavy atom. The summed E-state index contributed by atoms with van der Waals surface area (Å²) in [5.41, 5.74) is 4.23. The molecule has 0 aromatic carbocycles. The molecule has 4 unspecified atom stereocenters. The van der Waals surface area contributed by atoms with Crippen molar-refractivity contribution in [2.24, 2.45) is 0 Å². The molecule has 7 aliphatic rings. The van der Waals surface area contributed by atoms with Crippen molar-refractivity contribution in [2.75, 3.05) is 0 Å². The van der Waals surface area contributed by atoms with E-state index in [1.165, 1.54) is 0 Å². The summed E-state index contributed by atoms with van der Waals surface area (Å²) >= 11 is 0. The second-order valence-electron chi connectivity index (χ2n) is 8.34. The molecule has 0 radical (unpaired) electrons. The van der Waals surface area contributed by atoms with Gasteiger partial charge in [-0.1, -0.05) is 24.3 Å². The Hall–Kier alpha value is -2.50. The summed E-state index contributed by atoms with van der Waals surface area (Å²) in [6.45, 7) is 0. The molecule has 0 saturated carbocycles. The highest BCUT2D eigenvalue weighted by molar-refractivity contribution is 5.67. The highest BCUT2D eigenvalue weighted by Gasteiger charge is 2.42. The van der Waals surface area contributed by atoms with Crippen LogP contribution < -0.4 is 11.1 Å². The lowest BCUT2D eigenvalue weighted by molar-refractivity contribution is 0.256. The van der Waals surface area contributed by atoms with Crippen molar-refractivity contribution in [3.63, 3.8) is 0 Å². The summed E-state index contributed by atoms with van der Waals surface area (Å²) in [7, 11) is 0. The van der Waals surface area contributed by atoms with Crippen LogP contribution in [0.25, 0.3) is 11.4 Å². The fourth-order valence-electron chi connectivity index (χ4n) is 6.04. The molecule has 0 N–H and O–H groups in total. The van der Waals surface area contributed by atoms with Gasteiger partial charge in [-0.05, 0) is 38.5 Å². The van der Waals surface area contributed by atoms with Gasteiger partial charge in [-0.15, -0.1) is 0 Å². The summed E-state index contributed by atoms with van der Waals surface area (Å²) in [6.07, 6.45) is 14.5. The quantitative estimate of drug-likeness (QED) is 0.686. The van der Waals surface area contributed by atoms with Gasteiger partial charge in [-0.25, -0.2) is 9.36 Å².